The zero-order valence-corrected chi connectivity index (χ0v) is 15.3. The normalized spacial score (nSPS) is 19.6. The fourth-order valence-corrected chi connectivity index (χ4v) is 4.67. The molecule has 1 aromatic rings. The molecule has 1 unspecified atom stereocenters. The highest BCUT2D eigenvalue weighted by molar-refractivity contribution is 7.89. The van der Waals surface area contributed by atoms with E-state index in [4.69, 9.17) is 33.0 Å². The summed E-state index contributed by atoms with van der Waals surface area (Å²) in [4.78, 5) is 12.2. The Morgan fingerprint density at radius 2 is 2.17 bits per heavy atom. The van der Waals surface area contributed by atoms with E-state index in [1.165, 1.54) is 22.5 Å². The first kappa shape index (κ1) is 19.4. The summed E-state index contributed by atoms with van der Waals surface area (Å²) in [6.07, 6.45) is -0.421. The molecular formula is C14H18Cl2N2O5S. The molecule has 0 aromatic heterocycles. The molecule has 1 aliphatic heterocycles. The molecule has 134 valence electrons. The van der Waals surface area contributed by atoms with Gasteiger partial charge in [-0.2, -0.15) is 4.31 Å². The topological polar surface area (TPSA) is 87.2 Å². The highest BCUT2D eigenvalue weighted by Gasteiger charge is 2.32. The van der Waals surface area contributed by atoms with Gasteiger partial charge in [-0.3, -0.25) is 9.69 Å². The summed E-state index contributed by atoms with van der Waals surface area (Å²) < 4.78 is 32.4. The second kappa shape index (κ2) is 7.99. The molecule has 1 N–H and O–H groups in total. The van der Waals surface area contributed by atoms with E-state index in [9.17, 15) is 13.2 Å². The third-order valence-corrected chi connectivity index (χ3v) is 6.11. The molecule has 10 heteroatoms. The maximum absolute atomic E-state index is 12.8. The molecule has 2 rings (SSSR count). The Hall–Kier alpha value is -0.900. The van der Waals surface area contributed by atoms with E-state index in [1.54, 1.807) is 11.9 Å². The van der Waals surface area contributed by atoms with Gasteiger partial charge in [-0.05, 0) is 25.2 Å². The lowest BCUT2D eigenvalue weighted by Gasteiger charge is -2.34. The van der Waals surface area contributed by atoms with Crippen LogP contribution < -0.4 is 0 Å². The van der Waals surface area contributed by atoms with Crippen molar-refractivity contribution in [1.29, 1.82) is 0 Å². The zero-order chi connectivity index (χ0) is 17.9. The van der Waals surface area contributed by atoms with Crippen molar-refractivity contribution in [3.8, 4) is 0 Å². The van der Waals surface area contributed by atoms with Crippen molar-refractivity contribution >= 4 is 39.2 Å². The van der Waals surface area contributed by atoms with Gasteiger partial charge in [-0.1, -0.05) is 23.2 Å². The number of hydrogen-bond acceptors (Lipinski definition) is 5. The predicted octanol–water partition coefficient (Wildman–Crippen LogP) is 1.40. The van der Waals surface area contributed by atoms with Gasteiger partial charge in [0.2, 0.25) is 10.0 Å². The van der Waals surface area contributed by atoms with E-state index in [0.717, 1.165) is 0 Å². The fourth-order valence-electron chi connectivity index (χ4n) is 2.48. The number of carboxylic acids is 1. The first-order valence-electron chi connectivity index (χ1n) is 7.17. The Bertz CT molecular complexity index is 713. The Labute approximate surface area is 150 Å². The van der Waals surface area contributed by atoms with Crippen molar-refractivity contribution < 1.29 is 23.1 Å². The SMILES string of the molecule is CN(CC(=O)O)CC1CN(S(=O)(=O)c2cc(Cl)ccc2Cl)CCO1. The number of carbonyl (C=O) groups is 1. The molecule has 0 bridgehead atoms. The van der Waals surface area contributed by atoms with E-state index in [0.29, 0.717) is 6.54 Å². The average Bonchev–Trinajstić information content (AvgIpc) is 2.49. The van der Waals surface area contributed by atoms with Gasteiger partial charge in [-0.25, -0.2) is 8.42 Å². The Morgan fingerprint density at radius 1 is 1.46 bits per heavy atom. The molecule has 0 radical (unpaired) electrons. The third-order valence-electron chi connectivity index (χ3n) is 3.53. The van der Waals surface area contributed by atoms with Gasteiger partial charge in [0.05, 0.1) is 24.3 Å². The number of morpholine rings is 1. The molecule has 0 spiro atoms. The van der Waals surface area contributed by atoms with E-state index in [2.05, 4.69) is 0 Å². The summed E-state index contributed by atoms with van der Waals surface area (Å²) in [5, 5.41) is 9.17. The molecule has 0 aliphatic carbocycles. The molecule has 24 heavy (non-hydrogen) atoms. The van der Waals surface area contributed by atoms with Crippen LogP contribution in [0.15, 0.2) is 23.1 Å². The molecule has 0 amide bonds. The lowest BCUT2D eigenvalue weighted by atomic mass is 10.3. The van der Waals surface area contributed by atoms with Crippen LogP contribution in [-0.4, -0.2) is 74.6 Å². The van der Waals surface area contributed by atoms with Crippen molar-refractivity contribution in [1.82, 2.24) is 9.21 Å². The van der Waals surface area contributed by atoms with Crippen LogP contribution in [0.5, 0.6) is 0 Å². The number of sulfonamides is 1. The predicted molar refractivity (Wildman–Crippen MR) is 90.1 cm³/mol. The van der Waals surface area contributed by atoms with Crippen LogP contribution in [0.3, 0.4) is 0 Å². The lowest BCUT2D eigenvalue weighted by Crippen LogP contribution is -2.49. The molecule has 1 atom stereocenters. The van der Waals surface area contributed by atoms with Crippen LogP contribution in [0.1, 0.15) is 0 Å². The molecule has 7 nitrogen and oxygen atoms in total. The van der Waals surface area contributed by atoms with Crippen LogP contribution in [-0.2, 0) is 19.6 Å². The molecule has 1 heterocycles. The van der Waals surface area contributed by atoms with Crippen molar-refractivity contribution in [2.45, 2.75) is 11.0 Å². The third kappa shape index (κ3) is 4.81. The van der Waals surface area contributed by atoms with Crippen LogP contribution in [0.4, 0.5) is 0 Å². The van der Waals surface area contributed by atoms with Gasteiger partial charge >= 0.3 is 5.97 Å². The lowest BCUT2D eigenvalue weighted by molar-refractivity contribution is -0.138. The van der Waals surface area contributed by atoms with Gasteiger partial charge in [0.15, 0.2) is 0 Å². The minimum Gasteiger partial charge on any atom is -0.480 e. The number of hydrogen-bond donors (Lipinski definition) is 1. The van der Waals surface area contributed by atoms with Gasteiger partial charge in [0, 0.05) is 24.7 Å². The second-order valence-electron chi connectivity index (χ2n) is 5.52. The first-order chi connectivity index (χ1) is 11.2. The standard InChI is InChI=1S/C14H18Cl2N2O5S/c1-17(9-14(19)20)7-11-8-18(4-5-23-11)24(21,22)13-6-10(15)2-3-12(13)16/h2-3,6,11H,4-5,7-9H2,1H3,(H,19,20). The minimum atomic E-state index is -3.80. The molecule has 1 saturated heterocycles. The van der Waals surface area contributed by atoms with Gasteiger partial charge in [0.1, 0.15) is 4.90 Å². The molecule has 1 aliphatic rings. The van der Waals surface area contributed by atoms with Crippen molar-refractivity contribution in [3.05, 3.63) is 28.2 Å². The van der Waals surface area contributed by atoms with Crippen LogP contribution in [0.25, 0.3) is 0 Å². The van der Waals surface area contributed by atoms with E-state index < -0.39 is 22.1 Å². The Kier molecular flexibility index (Phi) is 6.46. The zero-order valence-electron chi connectivity index (χ0n) is 13.0. The summed E-state index contributed by atoms with van der Waals surface area (Å²) >= 11 is 11.9. The first-order valence-corrected chi connectivity index (χ1v) is 9.37. The largest absolute Gasteiger partial charge is 0.480 e. The Balaban J connectivity index is 2.13. The van der Waals surface area contributed by atoms with Crippen LogP contribution in [0.2, 0.25) is 10.0 Å². The summed E-state index contributed by atoms with van der Waals surface area (Å²) in [6.45, 7) is 0.705. The van der Waals surface area contributed by atoms with Gasteiger partial charge < -0.3 is 9.84 Å². The van der Waals surface area contributed by atoms with Crippen molar-refractivity contribution in [2.24, 2.45) is 0 Å². The average molecular weight is 397 g/mol. The van der Waals surface area contributed by atoms with Crippen LogP contribution >= 0.6 is 23.2 Å². The number of halogens is 2. The maximum Gasteiger partial charge on any atom is 0.317 e. The van der Waals surface area contributed by atoms with Crippen LogP contribution in [0, 0.1) is 0 Å². The van der Waals surface area contributed by atoms with E-state index >= 15 is 0 Å². The van der Waals surface area contributed by atoms with Gasteiger partial charge in [0.25, 0.3) is 0 Å². The fraction of sp³-hybridized carbons (Fsp3) is 0.500. The van der Waals surface area contributed by atoms with E-state index in [-0.39, 0.29) is 41.2 Å². The number of likely N-dealkylation sites (N-methyl/N-ethyl adjacent to an activating group) is 1. The molecule has 1 fully saturated rings. The maximum atomic E-state index is 12.8. The van der Waals surface area contributed by atoms with E-state index in [1.807, 2.05) is 0 Å². The minimum absolute atomic E-state index is 0.0452. The molecular weight excluding hydrogens is 379 g/mol. The van der Waals surface area contributed by atoms with Crippen molar-refractivity contribution in [3.63, 3.8) is 0 Å². The molecule has 0 saturated carbocycles. The number of ether oxygens (including phenoxy) is 1. The summed E-state index contributed by atoms with van der Waals surface area (Å²) in [5.74, 6) is -0.955. The monoisotopic (exact) mass is 396 g/mol. The second-order valence-corrected chi connectivity index (χ2v) is 8.27. The quantitative estimate of drug-likeness (QED) is 0.781. The number of carboxylic acid groups (broad SMARTS) is 1. The molecule has 1 aromatic carbocycles. The highest BCUT2D eigenvalue weighted by atomic mass is 35.5. The smallest absolute Gasteiger partial charge is 0.317 e. The summed E-state index contributed by atoms with van der Waals surface area (Å²) in [7, 11) is -2.17. The number of benzene rings is 1. The van der Waals surface area contributed by atoms with Gasteiger partial charge in [-0.15, -0.1) is 0 Å². The summed E-state index contributed by atoms with van der Waals surface area (Å²) in [5.41, 5.74) is 0. The van der Waals surface area contributed by atoms with Crippen molar-refractivity contribution in [2.75, 3.05) is 39.8 Å². The number of aliphatic carboxylic acids is 1. The number of nitrogens with zero attached hydrogens (tertiary/aromatic N) is 2. The highest BCUT2D eigenvalue weighted by Crippen LogP contribution is 2.28. The summed E-state index contributed by atoms with van der Waals surface area (Å²) in [6, 6.07) is 4.28. The Morgan fingerprint density at radius 3 is 2.83 bits per heavy atom. The number of rotatable bonds is 6.